The number of aryl methyl sites for hydroxylation is 1. The summed E-state index contributed by atoms with van der Waals surface area (Å²) >= 11 is 5.94. The topological polar surface area (TPSA) is 52.6 Å². The molecule has 1 aliphatic heterocycles. The SMILES string of the molecule is O=C(CCc1ccc(CN2CC[C@H](O)C2)cc1)Nc1ccc(-c2ccc(Cl)cc2)cc1. The van der Waals surface area contributed by atoms with E-state index in [1.807, 2.05) is 48.5 Å². The molecule has 0 bridgehead atoms. The summed E-state index contributed by atoms with van der Waals surface area (Å²) in [5.41, 5.74) is 5.36. The van der Waals surface area contributed by atoms with Crippen molar-refractivity contribution >= 4 is 23.2 Å². The van der Waals surface area contributed by atoms with Crippen molar-refractivity contribution in [3.63, 3.8) is 0 Å². The lowest BCUT2D eigenvalue weighted by Gasteiger charge is -2.15. The van der Waals surface area contributed by atoms with Gasteiger partial charge in [-0.15, -0.1) is 0 Å². The van der Waals surface area contributed by atoms with E-state index in [2.05, 4.69) is 34.5 Å². The smallest absolute Gasteiger partial charge is 0.224 e. The van der Waals surface area contributed by atoms with Crippen LogP contribution < -0.4 is 5.32 Å². The largest absolute Gasteiger partial charge is 0.392 e. The number of benzene rings is 3. The van der Waals surface area contributed by atoms with Crippen molar-refractivity contribution < 1.29 is 9.90 Å². The van der Waals surface area contributed by atoms with Crippen molar-refractivity contribution in [2.75, 3.05) is 18.4 Å². The van der Waals surface area contributed by atoms with Crippen LogP contribution in [0.1, 0.15) is 24.0 Å². The maximum Gasteiger partial charge on any atom is 0.224 e. The molecule has 0 spiro atoms. The molecule has 31 heavy (non-hydrogen) atoms. The number of amides is 1. The highest BCUT2D eigenvalue weighted by atomic mass is 35.5. The minimum Gasteiger partial charge on any atom is -0.392 e. The molecule has 0 unspecified atom stereocenters. The van der Waals surface area contributed by atoms with Crippen molar-refractivity contribution in [3.05, 3.63) is 88.9 Å². The first kappa shape index (κ1) is 21.6. The summed E-state index contributed by atoms with van der Waals surface area (Å²) in [4.78, 5) is 14.6. The van der Waals surface area contributed by atoms with E-state index in [4.69, 9.17) is 11.6 Å². The second kappa shape index (κ2) is 10.1. The predicted octanol–water partition coefficient (Wildman–Crippen LogP) is 5.14. The molecule has 3 aromatic carbocycles. The average molecular weight is 435 g/mol. The van der Waals surface area contributed by atoms with Crippen LogP contribution in [0.15, 0.2) is 72.8 Å². The fourth-order valence-corrected chi connectivity index (χ4v) is 4.02. The summed E-state index contributed by atoms with van der Waals surface area (Å²) in [6, 6.07) is 24.0. The number of nitrogens with one attached hydrogen (secondary N) is 1. The van der Waals surface area contributed by atoms with Crippen molar-refractivity contribution in [2.24, 2.45) is 0 Å². The van der Waals surface area contributed by atoms with Gasteiger partial charge in [0, 0.05) is 36.8 Å². The Hall–Kier alpha value is -2.66. The fraction of sp³-hybridized carbons (Fsp3) is 0.269. The van der Waals surface area contributed by atoms with Gasteiger partial charge in [0.2, 0.25) is 5.91 Å². The molecule has 0 saturated carbocycles. The van der Waals surface area contributed by atoms with Crippen LogP contribution in [0.25, 0.3) is 11.1 Å². The summed E-state index contributed by atoms with van der Waals surface area (Å²) in [5, 5.41) is 13.3. The van der Waals surface area contributed by atoms with Crippen LogP contribution in [0.5, 0.6) is 0 Å². The monoisotopic (exact) mass is 434 g/mol. The minimum absolute atomic E-state index is 0.00868. The number of likely N-dealkylation sites (tertiary alicyclic amines) is 1. The molecule has 1 amide bonds. The van der Waals surface area contributed by atoms with Gasteiger partial charge >= 0.3 is 0 Å². The molecule has 160 valence electrons. The molecule has 1 heterocycles. The molecule has 0 aliphatic carbocycles. The summed E-state index contributed by atoms with van der Waals surface area (Å²) < 4.78 is 0. The van der Waals surface area contributed by atoms with Crippen LogP contribution in [-0.4, -0.2) is 35.1 Å². The molecule has 0 aromatic heterocycles. The van der Waals surface area contributed by atoms with E-state index >= 15 is 0 Å². The number of rotatable bonds is 7. The van der Waals surface area contributed by atoms with Gasteiger partial charge in [0.05, 0.1) is 6.10 Å². The van der Waals surface area contributed by atoms with Gasteiger partial charge < -0.3 is 10.4 Å². The van der Waals surface area contributed by atoms with Crippen LogP contribution in [-0.2, 0) is 17.8 Å². The Kier molecular flexibility index (Phi) is 7.03. The number of aliphatic hydroxyl groups is 1. The van der Waals surface area contributed by atoms with Crippen LogP contribution in [0.2, 0.25) is 5.02 Å². The summed E-state index contributed by atoms with van der Waals surface area (Å²) in [7, 11) is 0. The molecule has 1 saturated heterocycles. The Morgan fingerprint density at radius 1 is 0.935 bits per heavy atom. The molecular weight excluding hydrogens is 408 g/mol. The molecule has 1 aliphatic rings. The van der Waals surface area contributed by atoms with Gasteiger partial charge in [-0.1, -0.05) is 60.1 Å². The lowest BCUT2D eigenvalue weighted by Crippen LogP contribution is -2.21. The normalized spacial score (nSPS) is 16.4. The third-order valence-electron chi connectivity index (χ3n) is 5.66. The van der Waals surface area contributed by atoms with Crippen molar-refractivity contribution in [3.8, 4) is 11.1 Å². The maximum atomic E-state index is 12.3. The number of hydrogen-bond donors (Lipinski definition) is 2. The zero-order valence-electron chi connectivity index (χ0n) is 17.4. The Morgan fingerprint density at radius 3 is 2.16 bits per heavy atom. The molecule has 1 atom stereocenters. The summed E-state index contributed by atoms with van der Waals surface area (Å²) in [6.07, 6.45) is 1.82. The summed E-state index contributed by atoms with van der Waals surface area (Å²) in [5.74, 6) is 0.00868. The number of anilines is 1. The highest BCUT2D eigenvalue weighted by molar-refractivity contribution is 6.30. The van der Waals surface area contributed by atoms with Gasteiger partial charge in [0.25, 0.3) is 0 Å². The summed E-state index contributed by atoms with van der Waals surface area (Å²) in [6.45, 7) is 2.57. The molecule has 3 aromatic rings. The lowest BCUT2D eigenvalue weighted by atomic mass is 10.1. The zero-order chi connectivity index (χ0) is 21.6. The zero-order valence-corrected chi connectivity index (χ0v) is 18.2. The fourth-order valence-electron chi connectivity index (χ4n) is 3.90. The number of carbonyl (C=O) groups is 1. The van der Waals surface area contributed by atoms with Gasteiger partial charge in [-0.2, -0.15) is 0 Å². The number of nitrogens with zero attached hydrogens (tertiary/aromatic N) is 1. The quantitative estimate of drug-likeness (QED) is 0.541. The van der Waals surface area contributed by atoms with E-state index in [9.17, 15) is 9.90 Å². The Balaban J connectivity index is 1.24. The Labute approximate surface area is 188 Å². The lowest BCUT2D eigenvalue weighted by molar-refractivity contribution is -0.116. The van der Waals surface area contributed by atoms with Gasteiger partial charge in [0.15, 0.2) is 0 Å². The third kappa shape index (κ3) is 6.17. The van der Waals surface area contributed by atoms with E-state index in [0.717, 1.165) is 48.4 Å². The van der Waals surface area contributed by atoms with Crippen LogP contribution >= 0.6 is 11.6 Å². The number of hydrogen-bond acceptors (Lipinski definition) is 3. The van der Waals surface area contributed by atoms with Crippen molar-refractivity contribution in [2.45, 2.75) is 31.9 Å². The number of carbonyl (C=O) groups excluding carboxylic acids is 1. The van der Waals surface area contributed by atoms with Crippen LogP contribution in [0.4, 0.5) is 5.69 Å². The van der Waals surface area contributed by atoms with Gasteiger partial charge in [-0.25, -0.2) is 0 Å². The van der Waals surface area contributed by atoms with Gasteiger partial charge in [-0.05, 0) is 59.4 Å². The first-order valence-corrected chi connectivity index (χ1v) is 11.1. The van der Waals surface area contributed by atoms with Crippen molar-refractivity contribution in [1.29, 1.82) is 0 Å². The van der Waals surface area contributed by atoms with E-state index in [1.165, 1.54) is 5.56 Å². The molecule has 4 rings (SSSR count). The van der Waals surface area contributed by atoms with Crippen LogP contribution in [0, 0.1) is 0 Å². The minimum atomic E-state index is -0.188. The predicted molar refractivity (Wildman–Crippen MR) is 126 cm³/mol. The van der Waals surface area contributed by atoms with E-state index in [-0.39, 0.29) is 12.0 Å². The average Bonchev–Trinajstić information content (AvgIpc) is 3.19. The Bertz CT molecular complexity index is 1000. The second-order valence-electron chi connectivity index (χ2n) is 8.13. The molecule has 5 heteroatoms. The highest BCUT2D eigenvalue weighted by Crippen LogP contribution is 2.23. The number of aliphatic hydroxyl groups excluding tert-OH is 1. The second-order valence-corrected chi connectivity index (χ2v) is 8.56. The number of β-amino-alcohol motifs (C(OH)–C–C–N with tert-alkyl or cyclic N) is 1. The van der Waals surface area contributed by atoms with E-state index < -0.39 is 0 Å². The number of halogens is 1. The Morgan fingerprint density at radius 2 is 1.55 bits per heavy atom. The molecule has 0 radical (unpaired) electrons. The highest BCUT2D eigenvalue weighted by Gasteiger charge is 2.19. The van der Waals surface area contributed by atoms with E-state index in [1.54, 1.807) is 0 Å². The van der Waals surface area contributed by atoms with E-state index in [0.29, 0.717) is 17.9 Å². The molecule has 4 nitrogen and oxygen atoms in total. The molecule has 1 fully saturated rings. The first-order chi connectivity index (χ1) is 15.0. The van der Waals surface area contributed by atoms with Crippen LogP contribution in [0.3, 0.4) is 0 Å². The third-order valence-corrected chi connectivity index (χ3v) is 5.92. The van der Waals surface area contributed by atoms with Gasteiger partial charge in [-0.3, -0.25) is 9.69 Å². The standard InChI is InChI=1S/C26H27ClN2O2/c27-23-10-6-21(7-11-23)22-8-12-24(13-9-22)28-26(31)14-5-19-1-3-20(4-2-19)17-29-16-15-25(30)18-29/h1-4,6-13,25,30H,5,14-18H2,(H,28,31)/t25-/m0/s1. The molecule has 2 N–H and O–H groups in total. The molecular formula is C26H27ClN2O2. The van der Waals surface area contributed by atoms with Gasteiger partial charge in [0.1, 0.15) is 0 Å². The van der Waals surface area contributed by atoms with Crippen molar-refractivity contribution in [1.82, 2.24) is 4.90 Å². The maximum absolute atomic E-state index is 12.3. The first-order valence-electron chi connectivity index (χ1n) is 10.7.